The van der Waals surface area contributed by atoms with Crippen molar-refractivity contribution in [1.82, 2.24) is 0 Å². The van der Waals surface area contributed by atoms with E-state index >= 15 is 0 Å². The first-order valence-corrected chi connectivity index (χ1v) is 6.88. The highest BCUT2D eigenvalue weighted by Crippen LogP contribution is 2.18. The van der Waals surface area contributed by atoms with E-state index in [0.717, 1.165) is 0 Å². The summed E-state index contributed by atoms with van der Waals surface area (Å²) in [5.74, 6) is -0.259. The van der Waals surface area contributed by atoms with Crippen LogP contribution in [0, 0.1) is 5.82 Å². The van der Waals surface area contributed by atoms with Gasteiger partial charge in [0.1, 0.15) is 5.82 Å². The fourth-order valence-corrected chi connectivity index (χ4v) is 3.09. The summed E-state index contributed by atoms with van der Waals surface area (Å²) in [5.41, 5.74) is 0.511. The maximum Gasteiger partial charge on any atom is 0.235 e. The Balaban J connectivity index is 3.03. The molecule has 0 spiro atoms. The molecule has 1 aromatic carbocycles. The zero-order chi connectivity index (χ0) is 12.2. The van der Waals surface area contributed by atoms with Crippen molar-refractivity contribution in [3.05, 3.63) is 30.1 Å². The summed E-state index contributed by atoms with van der Waals surface area (Å²) in [6, 6.07) is 5.48. The zero-order valence-corrected chi connectivity index (χ0v) is 10.3. The smallest absolute Gasteiger partial charge is 0.235 e. The van der Waals surface area contributed by atoms with Crippen LogP contribution in [0.2, 0.25) is 0 Å². The average molecular weight is 245 g/mol. The van der Waals surface area contributed by atoms with Crippen molar-refractivity contribution in [3.63, 3.8) is 0 Å². The highest BCUT2D eigenvalue weighted by Gasteiger charge is 2.19. The number of benzene rings is 1. The Kier molecular flexibility index (Phi) is 4.29. The van der Waals surface area contributed by atoms with Crippen LogP contribution in [0.3, 0.4) is 0 Å². The van der Waals surface area contributed by atoms with Crippen molar-refractivity contribution in [2.45, 2.75) is 20.3 Å². The largest absolute Gasteiger partial charge is 0.271 e. The topological polar surface area (TPSA) is 37.4 Å². The Morgan fingerprint density at radius 2 is 1.75 bits per heavy atom. The predicted octanol–water partition coefficient (Wildman–Crippen LogP) is 2.39. The molecule has 1 aromatic rings. The van der Waals surface area contributed by atoms with Crippen molar-refractivity contribution >= 4 is 15.7 Å². The fourth-order valence-electron chi connectivity index (χ4n) is 1.52. The van der Waals surface area contributed by atoms with Gasteiger partial charge in [-0.25, -0.2) is 12.8 Å². The van der Waals surface area contributed by atoms with Crippen LogP contribution in [0.25, 0.3) is 0 Å². The summed E-state index contributed by atoms with van der Waals surface area (Å²) in [7, 11) is -3.28. The van der Waals surface area contributed by atoms with Crippen molar-refractivity contribution in [2.24, 2.45) is 0 Å². The minimum atomic E-state index is -3.28. The number of hydrogen-bond acceptors (Lipinski definition) is 2. The molecule has 0 unspecified atom stereocenters. The summed E-state index contributed by atoms with van der Waals surface area (Å²) in [6.07, 6.45) is 0.569. The molecule has 0 radical (unpaired) electrons. The molecule has 0 heterocycles. The standard InChI is InChI=1S/C11H16FNO2S/c1-3-9-16(14,15)13(4-2)11-7-5-10(12)6-8-11/h5-8H,3-4,9H2,1-2H3. The van der Waals surface area contributed by atoms with Crippen molar-refractivity contribution in [2.75, 3.05) is 16.6 Å². The molecule has 16 heavy (non-hydrogen) atoms. The molecule has 0 aromatic heterocycles. The molecule has 90 valence electrons. The van der Waals surface area contributed by atoms with E-state index in [4.69, 9.17) is 0 Å². The van der Waals surface area contributed by atoms with Gasteiger partial charge in [-0.1, -0.05) is 6.92 Å². The third-order valence-corrected chi connectivity index (χ3v) is 4.26. The summed E-state index contributed by atoms with van der Waals surface area (Å²) in [4.78, 5) is 0. The summed E-state index contributed by atoms with van der Waals surface area (Å²) < 4.78 is 37.8. The number of halogens is 1. The Hall–Kier alpha value is -1.10. The molecule has 0 saturated carbocycles. The van der Waals surface area contributed by atoms with E-state index in [0.29, 0.717) is 18.7 Å². The molecule has 5 heteroatoms. The van der Waals surface area contributed by atoms with Gasteiger partial charge in [0.25, 0.3) is 0 Å². The molecule has 0 bridgehead atoms. The molecular formula is C11H16FNO2S. The molecule has 1 rings (SSSR count). The molecule has 0 aliphatic rings. The Morgan fingerprint density at radius 3 is 2.19 bits per heavy atom. The highest BCUT2D eigenvalue weighted by molar-refractivity contribution is 7.92. The van der Waals surface area contributed by atoms with Gasteiger partial charge in [0, 0.05) is 6.54 Å². The first kappa shape index (κ1) is 13.0. The number of rotatable bonds is 5. The van der Waals surface area contributed by atoms with Crippen LogP contribution in [0.4, 0.5) is 10.1 Å². The molecule has 0 aliphatic carbocycles. The van der Waals surface area contributed by atoms with Crippen LogP contribution in [-0.4, -0.2) is 20.7 Å². The van der Waals surface area contributed by atoms with E-state index in [1.54, 1.807) is 6.92 Å². The molecule has 3 nitrogen and oxygen atoms in total. The van der Waals surface area contributed by atoms with Gasteiger partial charge in [-0.2, -0.15) is 0 Å². The minimum absolute atomic E-state index is 0.109. The molecule has 0 N–H and O–H groups in total. The highest BCUT2D eigenvalue weighted by atomic mass is 32.2. The summed E-state index contributed by atoms with van der Waals surface area (Å²) in [6.45, 7) is 3.93. The quantitative estimate of drug-likeness (QED) is 0.798. The lowest BCUT2D eigenvalue weighted by Gasteiger charge is -2.22. The lowest BCUT2D eigenvalue weighted by atomic mass is 10.3. The Morgan fingerprint density at radius 1 is 1.19 bits per heavy atom. The average Bonchev–Trinajstić information content (AvgIpc) is 2.21. The molecule has 0 fully saturated rings. The van der Waals surface area contributed by atoms with E-state index in [2.05, 4.69) is 0 Å². The van der Waals surface area contributed by atoms with E-state index < -0.39 is 10.0 Å². The first-order valence-electron chi connectivity index (χ1n) is 5.27. The number of sulfonamides is 1. The lowest BCUT2D eigenvalue weighted by molar-refractivity contribution is 0.590. The van der Waals surface area contributed by atoms with Crippen molar-refractivity contribution in [3.8, 4) is 0 Å². The molecule has 0 atom stereocenters. The SMILES string of the molecule is CCCS(=O)(=O)N(CC)c1ccc(F)cc1. The second kappa shape index (κ2) is 5.30. The van der Waals surface area contributed by atoms with Crippen LogP contribution >= 0.6 is 0 Å². The third kappa shape index (κ3) is 2.95. The minimum Gasteiger partial charge on any atom is -0.271 e. The monoisotopic (exact) mass is 245 g/mol. The van der Waals surface area contributed by atoms with Gasteiger partial charge in [-0.15, -0.1) is 0 Å². The summed E-state index contributed by atoms with van der Waals surface area (Å²) in [5, 5.41) is 0. The van der Waals surface area contributed by atoms with Crippen LogP contribution in [0.15, 0.2) is 24.3 Å². The van der Waals surface area contributed by atoms with Crippen molar-refractivity contribution in [1.29, 1.82) is 0 Å². The maximum atomic E-state index is 12.7. The fraction of sp³-hybridized carbons (Fsp3) is 0.455. The van der Waals surface area contributed by atoms with Gasteiger partial charge < -0.3 is 0 Å². The zero-order valence-electron chi connectivity index (χ0n) is 9.48. The van der Waals surface area contributed by atoms with Gasteiger partial charge in [-0.05, 0) is 37.6 Å². The molecule has 0 amide bonds. The van der Waals surface area contributed by atoms with E-state index in [1.165, 1.54) is 28.6 Å². The number of hydrogen-bond donors (Lipinski definition) is 0. The second-order valence-electron chi connectivity index (χ2n) is 3.46. The maximum absolute atomic E-state index is 12.7. The van der Waals surface area contributed by atoms with Gasteiger partial charge >= 0.3 is 0 Å². The number of nitrogens with zero attached hydrogens (tertiary/aromatic N) is 1. The third-order valence-electron chi connectivity index (χ3n) is 2.20. The molecular weight excluding hydrogens is 229 g/mol. The second-order valence-corrected chi connectivity index (χ2v) is 5.47. The van der Waals surface area contributed by atoms with Gasteiger partial charge in [0.15, 0.2) is 0 Å². The molecule has 0 saturated heterocycles. The van der Waals surface area contributed by atoms with Crippen molar-refractivity contribution < 1.29 is 12.8 Å². The van der Waals surface area contributed by atoms with E-state index in [1.807, 2.05) is 6.92 Å². The lowest BCUT2D eigenvalue weighted by Crippen LogP contribution is -2.32. The summed E-state index contributed by atoms with van der Waals surface area (Å²) >= 11 is 0. The number of anilines is 1. The Bertz CT molecular complexity index is 428. The van der Waals surface area contributed by atoms with Crippen LogP contribution in [0.5, 0.6) is 0 Å². The van der Waals surface area contributed by atoms with Gasteiger partial charge in [-0.3, -0.25) is 4.31 Å². The van der Waals surface area contributed by atoms with Crippen LogP contribution in [0.1, 0.15) is 20.3 Å². The van der Waals surface area contributed by atoms with E-state index in [-0.39, 0.29) is 11.6 Å². The predicted molar refractivity (Wildman–Crippen MR) is 63.5 cm³/mol. The first-order chi connectivity index (χ1) is 7.51. The van der Waals surface area contributed by atoms with Gasteiger partial charge in [0.05, 0.1) is 11.4 Å². The van der Waals surface area contributed by atoms with Crippen LogP contribution < -0.4 is 4.31 Å². The Labute approximate surface area is 95.9 Å². The van der Waals surface area contributed by atoms with Crippen LogP contribution in [-0.2, 0) is 10.0 Å². The normalized spacial score (nSPS) is 11.4. The molecule has 0 aliphatic heterocycles. The van der Waals surface area contributed by atoms with E-state index in [9.17, 15) is 12.8 Å². The van der Waals surface area contributed by atoms with Gasteiger partial charge in [0.2, 0.25) is 10.0 Å².